The molecule has 0 saturated heterocycles. The molecule has 5 nitrogen and oxygen atoms in total. The highest BCUT2D eigenvalue weighted by Crippen LogP contribution is 2.41. The number of hydrogen-bond acceptors (Lipinski definition) is 3. The van der Waals surface area contributed by atoms with Gasteiger partial charge in [0.15, 0.2) is 0 Å². The van der Waals surface area contributed by atoms with Crippen LogP contribution in [0.15, 0.2) is 127 Å². The molecule has 0 amide bonds. The Labute approximate surface area is 252 Å². The molecule has 8 rings (SSSR count). The quantitative estimate of drug-likeness (QED) is 0.216. The van der Waals surface area contributed by atoms with Crippen LogP contribution in [-0.4, -0.2) is 9.13 Å². The van der Waals surface area contributed by atoms with Crippen molar-refractivity contribution in [1.82, 2.24) is 9.13 Å². The van der Waals surface area contributed by atoms with Crippen LogP contribution >= 0.6 is 0 Å². The van der Waals surface area contributed by atoms with Gasteiger partial charge in [0.25, 0.3) is 0 Å². The van der Waals surface area contributed by atoms with Crippen LogP contribution in [0, 0.1) is 34.0 Å². The summed E-state index contributed by atoms with van der Waals surface area (Å²) in [5.74, 6) is 0. The molecule has 202 valence electrons. The van der Waals surface area contributed by atoms with E-state index < -0.39 is 0 Å². The molecule has 0 atom stereocenters. The molecule has 6 aromatic carbocycles. The van der Waals surface area contributed by atoms with Crippen molar-refractivity contribution in [2.45, 2.75) is 0 Å². The van der Waals surface area contributed by atoms with Crippen LogP contribution in [0.4, 0.5) is 0 Å². The van der Waals surface area contributed by atoms with Gasteiger partial charge in [-0.2, -0.15) is 15.8 Å². The van der Waals surface area contributed by atoms with Gasteiger partial charge in [0.05, 0.1) is 56.6 Å². The molecular weight excluding hydrogens is 538 g/mol. The van der Waals surface area contributed by atoms with E-state index in [1.807, 2.05) is 78.9 Å². The summed E-state index contributed by atoms with van der Waals surface area (Å²) in [5.41, 5.74) is 9.68. The number of nitrogens with zero attached hydrogens (tertiary/aromatic N) is 5. The fourth-order valence-electron chi connectivity index (χ4n) is 6.49. The zero-order valence-electron chi connectivity index (χ0n) is 23.4. The van der Waals surface area contributed by atoms with Crippen LogP contribution in [0.5, 0.6) is 0 Å². The van der Waals surface area contributed by atoms with Gasteiger partial charge in [-0.3, -0.25) is 0 Å². The Kier molecular flexibility index (Phi) is 5.56. The van der Waals surface area contributed by atoms with Crippen LogP contribution < -0.4 is 0 Å². The number of fused-ring (bicyclic) bond motifs is 6. The van der Waals surface area contributed by atoms with Crippen LogP contribution in [0.25, 0.3) is 66.1 Å². The van der Waals surface area contributed by atoms with E-state index >= 15 is 0 Å². The summed E-state index contributed by atoms with van der Waals surface area (Å²) in [6.45, 7) is 0. The average Bonchev–Trinajstić information content (AvgIpc) is 3.60. The van der Waals surface area contributed by atoms with Crippen molar-refractivity contribution in [2.24, 2.45) is 0 Å². The molecule has 0 fully saturated rings. The Morgan fingerprint density at radius 2 is 1.16 bits per heavy atom. The first-order valence-corrected chi connectivity index (χ1v) is 14.2. The third-order valence-corrected chi connectivity index (χ3v) is 8.42. The van der Waals surface area contributed by atoms with Gasteiger partial charge in [-0.25, -0.2) is 0 Å². The van der Waals surface area contributed by atoms with Gasteiger partial charge in [-0.05, 0) is 72.3 Å². The average molecular weight is 560 g/mol. The standard InChI is InChI=1S/C39H21N5/c40-22-25-12-16-29(17-13-25)43-37-19-14-26(23-41)20-34(37)33-9-5-8-30(39(33)43)27-15-18-32-31-7-2-4-11-36(31)44(38(32)21-27)35-10-3-1-6-28(35)24-42/h1-21H. The number of para-hydroxylation sites is 3. The fourth-order valence-corrected chi connectivity index (χ4v) is 6.49. The van der Waals surface area contributed by atoms with E-state index in [-0.39, 0.29) is 0 Å². The van der Waals surface area contributed by atoms with Gasteiger partial charge in [-0.1, -0.05) is 60.7 Å². The van der Waals surface area contributed by atoms with Gasteiger partial charge >= 0.3 is 0 Å². The van der Waals surface area contributed by atoms with Gasteiger partial charge in [0.1, 0.15) is 6.07 Å². The summed E-state index contributed by atoms with van der Waals surface area (Å²) < 4.78 is 4.40. The minimum absolute atomic E-state index is 0.595. The molecule has 0 saturated carbocycles. The molecule has 0 aliphatic rings. The fraction of sp³-hybridized carbons (Fsp3) is 0. The first-order chi connectivity index (χ1) is 21.7. The van der Waals surface area contributed by atoms with Crippen LogP contribution in [0.2, 0.25) is 0 Å². The Bertz CT molecular complexity index is 2580. The van der Waals surface area contributed by atoms with Gasteiger partial charge in [-0.15, -0.1) is 0 Å². The van der Waals surface area contributed by atoms with Crippen molar-refractivity contribution in [3.8, 4) is 40.7 Å². The predicted octanol–water partition coefficient (Wildman–Crippen LogP) is 9.16. The lowest BCUT2D eigenvalue weighted by Gasteiger charge is -2.13. The summed E-state index contributed by atoms with van der Waals surface area (Å²) >= 11 is 0. The third kappa shape index (κ3) is 3.63. The minimum atomic E-state index is 0.595. The van der Waals surface area contributed by atoms with Gasteiger partial charge < -0.3 is 9.13 Å². The zero-order valence-corrected chi connectivity index (χ0v) is 23.4. The molecule has 0 aliphatic heterocycles. The van der Waals surface area contributed by atoms with Crippen molar-refractivity contribution in [1.29, 1.82) is 15.8 Å². The zero-order chi connectivity index (χ0) is 29.8. The summed E-state index contributed by atoms with van der Waals surface area (Å²) in [6, 6.07) is 49.1. The number of nitriles is 3. The second kappa shape index (κ2) is 9.74. The van der Waals surface area contributed by atoms with E-state index in [4.69, 9.17) is 0 Å². The molecule has 0 N–H and O–H groups in total. The highest BCUT2D eigenvalue weighted by atomic mass is 15.0. The Hall–Kier alpha value is -6.61. The largest absolute Gasteiger partial charge is 0.309 e. The topological polar surface area (TPSA) is 81.2 Å². The SMILES string of the molecule is N#Cc1ccc(-n2c3ccc(C#N)cc3c3cccc(-c4ccc5c6ccccc6n(-c6ccccc6C#N)c5c4)c32)cc1. The second-order valence-electron chi connectivity index (χ2n) is 10.8. The number of benzene rings is 6. The van der Waals surface area contributed by atoms with Crippen molar-refractivity contribution in [3.63, 3.8) is 0 Å². The minimum Gasteiger partial charge on any atom is -0.309 e. The highest BCUT2D eigenvalue weighted by molar-refractivity contribution is 6.15. The molecule has 2 heterocycles. The third-order valence-electron chi connectivity index (χ3n) is 8.42. The molecule has 0 radical (unpaired) electrons. The number of hydrogen-bond donors (Lipinski definition) is 0. The number of rotatable bonds is 3. The monoisotopic (exact) mass is 559 g/mol. The molecule has 44 heavy (non-hydrogen) atoms. The van der Waals surface area contributed by atoms with E-state index in [1.165, 1.54) is 0 Å². The van der Waals surface area contributed by atoms with Gasteiger partial charge in [0, 0.05) is 32.8 Å². The molecule has 0 spiro atoms. The van der Waals surface area contributed by atoms with Crippen molar-refractivity contribution < 1.29 is 0 Å². The smallest absolute Gasteiger partial charge is 0.101 e. The highest BCUT2D eigenvalue weighted by Gasteiger charge is 2.19. The lowest BCUT2D eigenvalue weighted by Crippen LogP contribution is -1.98. The van der Waals surface area contributed by atoms with Crippen molar-refractivity contribution >= 4 is 43.6 Å². The second-order valence-corrected chi connectivity index (χ2v) is 10.8. The molecule has 2 aromatic heterocycles. The van der Waals surface area contributed by atoms with E-state index in [0.29, 0.717) is 16.7 Å². The lowest BCUT2D eigenvalue weighted by molar-refractivity contribution is 1.17. The molecule has 0 bridgehead atoms. The Balaban J connectivity index is 1.48. The lowest BCUT2D eigenvalue weighted by atomic mass is 10.00. The van der Waals surface area contributed by atoms with E-state index in [2.05, 4.69) is 75.9 Å². The molecule has 0 unspecified atom stereocenters. The first-order valence-electron chi connectivity index (χ1n) is 14.2. The first kappa shape index (κ1) is 25.1. The van der Waals surface area contributed by atoms with E-state index in [0.717, 1.165) is 66.1 Å². The Morgan fingerprint density at radius 1 is 0.455 bits per heavy atom. The van der Waals surface area contributed by atoms with Crippen LogP contribution in [0.3, 0.4) is 0 Å². The van der Waals surface area contributed by atoms with Gasteiger partial charge in [0.2, 0.25) is 0 Å². The van der Waals surface area contributed by atoms with Crippen LogP contribution in [0.1, 0.15) is 16.7 Å². The summed E-state index contributed by atoms with van der Waals surface area (Å²) in [7, 11) is 0. The van der Waals surface area contributed by atoms with Crippen LogP contribution in [-0.2, 0) is 0 Å². The maximum atomic E-state index is 9.99. The van der Waals surface area contributed by atoms with Crippen molar-refractivity contribution in [2.75, 3.05) is 0 Å². The molecule has 8 aromatic rings. The molecule has 5 heteroatoms. The normalized spacial score (nSPS) is 11.1. The molecular formula is C39H21N5. The van der Waals surface area contributed by atoms with Crippen molar-refractivity contribution in [3.05, 3.63) is 144 Å². The molecule has 0 aliphatic carbocycles. The van der Waals surface area contributed by atoms with E-state index in [9.17, 15) is 15.8 Å². The maximum Gasteiger partial charge on any atom is 0.101 e. The maximum absolute atomic E-state index is 9.99. The summed E-state index contributed by atoms with van der Waals surface area (Å²) in [5, 5.41) is 33.4. The van der Waals surface area contributed by atoms with E-state index in [1.54, 1.807) is 0 Å². The predicted molar refractivity (Wildman–Crippen MR) is 175 cm³/mol. The number of aromatic nitrogens is 2. The summed E-state index contributed by atoms with van der Waals surface area (Å²) in [4.78, 5) is 0. The Morgan fingerprint density at radius 3 is 1.98 bits per heavy atom. The summed E-state index contributed by atoms with van der Waals surface area (Å²) in [6.07, 6.45) is 0.